The molecule has 0 saturated carbocycles. The molecule has 0 spiro atoms. The van der Waals surface area contributed by atoms with Crippen LogP contribution in [0.2, 0.25) is 0 Å². The standard InChI is InChI=1S/C10H12O3S/c1-8(14(13)7-10(11)12)9-5-3-2-4-6-9/h2-6,8H,7H2,1H3,(H,11,12). The van der Waals surface area contributed by atoms with E-state index in [4.69, 9.17) is 5.11 Å². The van der Waals surface area contributed by atoms with Gasteiger partial charge in [-0.3, -0.25) is 9.00 Å². The summed E-state index contributed by atoms with van der Waals surface area (Å²) in [5.74, 6) is -1.32. The van der Waals surface area contributed by atoms with Gasteiger partial charge in [-0.05, 0) is 12.5 Å². The maximum atomic E-state index is 11.5. The SMILES string of the molecule is CC(c1ccccc1)S(=O)CC(=O)O. The smallest absolute Gasteiger partial charge is 0.316 e. The van der Waals surface area contributed by atoms with Crippen molar-refractivity contribution in [2.24, 2.45) is 0 Å². The Bertz CT molecular complexity index is 334. The first kappa shape index (κ1) is 10.9. The molecule has 0 aliphatic heterocycles. The van der Waals surface area contributed by atoms with Crippen molar-refractivity contribution in [3.63, 3.8) is 0 Å². The number of benzene rings is 1. The Balaban J connectivity index is 2.71. The molecule has 0 fully saturated rings. The Morgan fingerprint density at radius 2 is 2.00 bits per heavy atom. The third kappa shape index (κ3) is 2.96. The van der Waals surface area contributed by atoms with Gasteiger partial charge in [-0.1, -0.05) is 30.3 Å². The number of aliphatic carboxylic acids is 1. The van der Waals surface area contributed by atoms with Crippen LogP contribution in [-0.2, 0) is 15.6 Å². The number of hydrogen-bond acceptors (Lipinski definition) is 2. The zero-order valence-corrected chi connectivity index (χ0v) is 8.66. The molecule has 76 valence electrons. The topological polar surface area (TPSA) is 54.4 Å². The highest BCUT2D eigenvalue weighted by atomic mass is 32.2. The van der Waals surface area contributed by atoms with Gasteiger partial charge in [-0.25, -0.2) is 0 Å². The Hall–Kier alpha value is -1.16. The average Bonchev–Trinajstić information content (AvgIpc) is 2.17. The second kappa shape index (κ2) is 4.91. The maximum absolute atomic E-state index is 11.5. The summed E-state index contributed by atoms with van der Waals surface area (Å²) in [4.78, 5) is 10.4. The molecule has 1 aromatic rings. The highest BCUT2D eigenvalue weighted by Crippen LogP contribution is 2.18. The molecule has 0 bridgehead atoms. The maximum Gasteiger partial charge on any atom is 0.316 e. The molecule has 0 amide bonds. The molecule has 0 aromatic heterocycles. The Morgan fingerprint density at radius 1 is 1.43 bits per heavy atom. The summed E-state index contributed by atoms with van der Waals surface area (Å²) in [5.41, 5.74) is 0.909. The molecular formula is C10H12O3S. The molecule has 1 N–H and O–H groups in total. The van der Waals surface area contributed by atoms with Gasteiger partial charge in [-0.2, -0.15) is 0 Å². The molecule has 1 aromatic carbocycles. The van der Waals surface area contributed by atoms with Gasteiger partial charge in [0.25, 0.3) is 0 Å². The van der Waals surface area contributed by atoms with E-state index >= 15 is 0 Å². The fourth-order valence-corrected chi connectivity index (χ4v) is 2.08. The molecule has 4 heteroatoms. The monoisotopic (exact) mass is 212 g/mol. The van der Waals surface area contributed by atoms with Crippen LogP contribution in [0, 0.1) is 0 Å². The first-order chi connectivity index (χ1) is 6.61. The van der Waals surface area contributed by atoms with Gasteiger partial charge in [-0.15, -0.1) is 0 Å². The van der Waals surface area contributed by atoms with Gasteiger partial charge in [0.05, 0.1) is 5.25 Å². The molecule has 0 radical (unpaired) electrons. The first-order valence-corrected chi connectivity index (χ1v) is 5.63. The summed E-state index contributed by atoms with van der Waals surface area (Å²) in [6, 6.07) is 9.28. The molecule has 2 unspecified atom stereocenters. The van der Waals surface area contributed by atoms with Crippen LogP contribution >= 0.6 is 0 Å². The van der Waals surface area contributed by atoms with E-state index in [0.29, 0.717) is 0 Å². The predicted molar refractivity (Wildman–Crippen MR) is 55.5 cm³/mol. The number of hydrogen-bond donors (Lipinski definition) is 1. The van der Waals surface area contributed by atoms with E-state index in [1.807, 2.05) is 30.3 Å². The lowest BCUT2D eigenvalue weighted by Crippen LogP contribution is -2.13. The lowest BCUT2D eigenvalue weighted by Gasteiger charge is -2.09. The number of carbonyl (C=O) groups is 1. The van der Waals surface area contributed by atoms with Gasteiger partial charge in [0.1, 0.15) is 5.75 Å². The van der Waals surface area contributed by atoms with Crippen LogP contribution in [0.4, 0.5) is 0 Å². The van der Waals surface area contributed by atoms with Crippen LogP contribution in [0.5, 0.6) is 0 Å². The van der Waals surface area contributed by atoms with Crippen molar-refractivity contribution >= 4 is 16.8 Å². The summed E-state index contributed by atoms with van der Waals surface area (Å²) in [6.07, 6.45) is 0. The van der Waals surface area contributed by atoms with Gasteiger partial charge in [0.2, 0.25) is 0 Å². The van der Waals surface area contributed by atoms with E-state index in [1.54, 1.807) is 6.92 Å². The van der Waals surface area contributed by atoms with E-state index in [1.165, 1.54) is 0 Å². The molecule has 0 aliphatic rings. The Kier molecular flexibility index (Phi) is 3.83. The molecule has 3 nitrogen and oxygen atoms in total. The minimum absolute atomic E-state index is 0.229. The average molecular weight is 212 g/mol. The van der Waals surface area contributed by atoms with Crippen LogP contribution < -0.4 is 0 Å². The van der Waals surface area contributed by atoms with Crippen molar-refractivity contribution in [1.82, 2.24) is 0 Å². The van der Waals surface area contributed by atoms with Crippen LogP contribution in [0.15, 0.2) is 30.3 Å². The van der Waals surface area contributed by atoms with Gasteiger partial charge in [0.15, 0.2) is 0 Å². The highest BCUT2D eigenvalue weighted by Gasteiger charge is 2.15. The van der Waals surface area contributed by atoms with Crippen molar-refractivity contribution in [3.05, 3.63) is 35.9 Å². The molecule has 14 heavy (non-hydrogen) atoms. The van der Waals surface area contributed by atoms with Crippen molar-refractivity contribution < 1.29 is 14.1 Å². The minimum Gasteiger partial charge on any atom is -0.481 e. The largest absolute Gasteiger partial charge is 0.481 e. The molecule has 2 atom stereocenters. The van der Waals surface area contributed by atoms with Crippen molar-refractivity contribution in [2.45, 2.75) is 12.2 Å². The zero-order chi connectivity index (χ0) is 10.6. The second-order valence-corrected chi connectivity index (χ2v) is 4.73. The van der Waals surface area contributed by atoms with E-state index < -0.39 is 16.8 Å². The van der Waals surface area contributed by atoms with Gasteiger partial charge >= 0.3 is 5.97 Å². The molecular weight excluding hydrogens is 200 g/mol. The minimum atomic E-state index is -1.35. The van der Waals surface area contributed by atoms with E-state index in [-0.39, 0.29) is 11.0 Å². The fourth-order valence-electron chi connectivity index (χ4n) is 1.12. The lowest BCUT2D eigenvalue weighted by atomic mass is 10.2. The predicted octanol–water partition coefficient (Wildman–Crippen LogP) is 1.58. The lowest BCUT2D eigenvalue weighted by molar-refractivity contribution is -0.133. The molecule has 0 aliphatic carbocycles. The normalized spacial score (nSPS) is 14.6. The summed E-state index contributed by atoms with van der Waals surface area (Å²) in [7, 11) is -1.35. The Morgan fingerprint density at radius 3 is 2.50 bits per heavy atom. The van der Waals surface area contributed by atoms with Crippen molar-refractivity contribution in [1.29, 1.82) is 0 Å². The summed E-state index contributed by atoms with van der Waals surface area (Å²) >= 11 is 0. The zero-order valence-electron chi connectivity index (χ0n) is 7.84. The van der Waals surface area contributed by atoms with Crippen molar-refractivity contribution in [2.75, 3.05) is 5.75 Å². The van der Waals surface area contributed by atoms with E-state index in [9.17, 15) is 9.00 Å². The number of rotatable bonds is 4. The first-order valence-electron chi connectivity index (χ1n) is 4.25. The van der Waals surface area contributed by atoms with E-state index in [0.717, 1.165) is 5.56 Å². The quantitative estimate of drug-likeness (QED) is 0.824. The number of carboxylic acid groups (broad SMARTS) is 1. The molecule has 0 saturated heterocycles. The van der Waals surface area contributed by atoms with Crippen LogP contribution in [-0.4, -0.2) is 21.0 Å². The number of carboxylic acids is 1. The van der Waals surface area contributed by atoms with Gasteiger partial charge in [0, 0.05) is 10.8 Å². The molecule has 1 rings (SSSR count). The molecule has 0 heterocycles. The summed E-state index contributed by atoms with van der Waals surface area (Å²) < 4.78 is 11.5. The summed E-state index contributed by atoms with van der Waals surface area (Å²) in [6.45, 7) is 1.77. The van der Waals surface area contributed by atoms with Crippen LogP contribution in [0.3, 0.4) is 0 Å². The third-order valence-corrected chi connectivity index (χ3v) is 3.52. The van der Waals surface area contributed by atoms with Crippen LogP contribution in [0.1, 0.15) is 17.7 Å². The Labute approximate surface area is 85.2 Å². The van der Waals surface area contributed by atoms with E-state index in [2.05, 4.69) is 0 Å². The fraction of sp³-hybridized carbons (Fsp3) is 0.300. The van der Waals surface area contributed by atoms with Crippen LogP contribution in [0.25, 0.3) is 0 Å². The highest BCUT2D eigenvalue weighted by molar-refractivity contribution is 7.85. The van der Waals surface area contributed by atoms with Crippen molar-refractivity contribution in [3.8, 4) is 0 Å². The third-order valence-electron chi connectivity index (χ3n) is 1.93. The summed E-state index contributed by atoms with van der Waals surface area (Å²) in [5, 5.41) is 8.26. The second-order valence-electron chi connectivity index (χ2n) is 2.97. The van der Waals surface area contributed by atoms with Gasteiger partial charge < -0.3 is 5.11 Å².